The maximum Gasteiger partial charge on any atom is 0.189 e. The van der Waals surface area contributed by atoms with Gasteiger partial charge in [0.15, 0.2) is 12.4 Å². The van der Waals surface area contributed by atoms with E-state index in [1.807, 2.05) is 13.1 Å². The lowest BCUT2D eigenvalue weighted by Crippen LogP contribution is -2.57. The number of quaternary nitrogens is 1. The Morgan fingerprint density at radius 1 is 0.862 bits per heavy atom. The molecule has 1 heterocycles. The minimum atomic E-state index is -0.325. The van der Waals surface area contributed by atoms with Crippen molar-refractivity contribution < 1.29 is 9.59 Å². The summed E-state index contributed by atoms with van der Waals surface area (Å²) in [6.07, 6.45) is 28.4. The van der Waals surface area contributed by atoms with Crippen LogP contribution in [0.4, 0.5) is 0 Å². The molecule has 1 rings (SSSR count). The van der Waals surface area contributed by atoms with Gasteiger partial charge in [0.25, 0.3) is 0 Å². The van der Waals surface area contributed by atoms with Gasteiger partial charge in [0.1, 0.15) is 6.54 Å². The van der Waals surface area contributed by atoms with Crippen LogP contribution >= 0.6 is 0 Å². The summed E-state index contributed by atoms with van der Waals surface area (Å²) in [6.45, 7) is 8.21. The summed E-state index contributed by atoms with van der Waals surface area (Å²) in [6, 6.07) is 0. The molecule has 3 atom stereocenters. The monoisotopic (exact) mass is 407 g/mol. The number of rotatable bonds is 19. The van der Waals surface area contributed by atoms with Gasteiger partial charge >= 0.3 is 0 Å². The Balaban J connectivity index is 1.91. The van der Waals surface area contributed by atoms with Crippen molar-refractivity contribution in [3.05, 3.63) is 12.2 Å². The highest BCUT2D eigenvalue weighted by Gasteiger charge is 2.41. The van der Waals surface area contributed by atoms with Crippen molar-refractivity contribution >= 4 is 6.21 Å². The average Bonchev–Trinajstić information content (AvgIpc) is 3.14. The number of aliphatic imine (C=N–C) groups is 1. The maximum absolute atomic E-state index is 10.2. The number of allylic oxidation sites excluding steroid dienone is 2. The highest BCUT2D eigenvalue weighted by molar-refractivity contribution is 5.60. The summed E-state index contributed by atoms with van der Waals surface area (Å²) in [5.74, 6) is 0. The smallest absolute Gasteiger partial charge is 0.189 e. The zero-order valence-corrected chi connectivity index (χ0v) is 20.0. The second kappa shape index (κ2) is 17.1. The van der Waals surface area contributed by atoms with Gasteiger partial charge in [0, 0.05) is 13.3 Å². The van der Waals surface area contributed by atoms with Crippen LogP contribution in [0.3, 0.4) is 0 Å². The minimum absolute atomic E-state index is 0.254. The predicted octanol–water partition coefficient (Wildman–Crippen LogP) is 7.39. The van der Waals surface area contributed by atoms with E-state index in [2.05, 4.69) is 31.0 Å². The molecule has 0 saturated carbocycles. The van der Waals surface area contributed by atoms with Crippen LogP contribution in [0.25, 0.3) is 0 Å². The molecule has 0 radical (unpaired) electrons. The van der Waals surface area contributed by atoms with Crippen LogP contribution in [0, 0.1) is 0 Å². The van der Waals surface area contributed by atoms with Gasteiger partial charge in [0.05, 0.1) is 12.8 Å². The molecular formula is C26H51N2O+. The van der Waals surface area contributed by atoms with E-state index in [-0.39, 0.29) is 12.4 Å². The summed E-state index contributed by atoms with van der Waals surface area (Å²) in [7, 11) is 0. The zero-order valence-electron chi connectivity index (χ0n) is 20.0. The van der Waals surface area contributed by atoms with Crippen LogP contribution in [0.5, 0.6) is 0 Å². The molecule has 3 nitrogen and oxygen atoms in total. The highest BCUT2D eigenvalue weighted by atomic mass is 16.3. The fraction of sp³-hybridized carbons (Fsp3) is 0.885. The van der Waals surface area contributed by atoms with Crippen molar-refractivity contribution in [1.29, 1.82) is 0 Å². The molecule has 0 aromatic heterocycles. The fourth-order valence-electron chi connectivity index (χ4n) is 4.67. The Kier molecular flexibility index (Phi) is 15.5. The molecule has 1 N–H and O–H groups in total. The molecule has 0 aliphatic carbocycles. The largest absolute Gasteiger partial charge is 0.345 e. The van der Waals surface area contributed by atoms with Gasteiger partial charge in [-0.3, -0.25) is 4.48 Å². The minimum Gasteiger partial charge on any atom is -0.345 e. The lowest BCUT2D eigenvalue weighted by Gasteiger charge is -2.40. The van der Waals surface area contributed by atoms with E-state index in [4.69, 9.17) is 0 Å². The summed E-state index contributed by atoms with van der Waals surface area (Å²) in [5, 5.41) is 10.2. The fourth-order valence-corrected chi connectivity index (χ4v) is 4.67. The van der Waals surface area contributed by atoms with Crippen LogP contribution in [0.1, 0.15) is 124 Å². The van der Waals surface area contributed by atoms with Crippen molar-refractivity contribution in [2.75, 3.05) is 13.1 Å². The van der Waals surface area contributed by atoms with Crippen LogP contribution in [0.15, 0.2) is 17.1 Å². The molecular weight excluding hydrogens is 356 g/mol. The first kappa shape index (κ1) is 26.4. The number of hydrogen-bond acceptors (Lipinski definition) is 2. The first-order valence-electron chi connectivity index (χ1n) is 12.9. The van der Waals surface area contributed by atoms with E-state index < -0.39 is 0 Å². The van der Waals surface area contributed by atoms with Crippen molar-refractivity contribution in [2.45, 2.75) is 136 Å². The highest BCUT2D eigenvalue weighted by Crippen LogP contribution is 2.26. The summed E-state index contributed by atoms with van der Waals surface area (Å²) >= 11 is 0. The lowest BCUT2D eigenvalue weighted by atomic mass is 10.0. The standard InChI is InChI=1S/C26H51N2O/c1-4-6-7-8-9-10-11-12-13-14-15-16-17-18-19-20-21-22-26-27-23-24-28(26,5-2)25(3)29/h18-19,23,25-26,29H,4-17,20-22,24H2,1-3H3/q+1/b19-18+. The first-order valence-corrected chi connectivity index (χ1v) is 12.9. The van der Waals surface area contributed by atoms with Crippen LogP contribution in [-0.4, -0.2) is 41.3 Å². The Labute approximate surface area is 182 Å². The van der Waals surface area contributed by atoms with E-state index in [9.17, 15) is 5.11 Å². The third kappa shape index (κ3) is 10.8. The molecule has 0 spiro atoms. The first-order chi connectivity index (χ1) is 14.2. The van der Waals surface area contributed by atoms with Crippen LogP contribution in [-0.2, 0) is 0 Å². The lowest BCUT2D eigenvalue weighted by molar-refractivity contribution is -0.976. The number of aliphatic hydroxyl groups excluding tert-OH is 1. The summed E-state index contributed by atoms with van der Waals surface area (Å²) in [4.78, 5) is 4.66. The average molecular weight is 408 g/mol. The number of unbranched alkanes of at least 4 members (excludes halogenated alkanes) is 13. The van der Waals surface area contributed by atoms with Gasteiger partial charge in [-0.05, 0) is 32.6 Å². The van der Waals surface area contributed by atoms with Gasteiger partial charge in [-0.15, -0.1) is 0 Å². The third-order valence-electron chi connectivity index (χ3n) is 6.85. The molecule has 0 saturated heterocycles. The molecule has 3 heteroatoms. The summed E-state index contributed by atoms with van der Waals surface area (Å²) in [5.41, 5.74) is 0. The third-order valence-corrected chi connectivity index (χ3v) is 6.85. The topological polar surface area (TPSA) is 32.6 Å². The molecule has 1 aliphatic rings. The molecule has 0 fully saturated rings. The molecule has 0 bridgehead atoms. The van der Waals surface area contributed by atoms with Crippen molar-refractivity contribution in [2.24, 2.45) is 4.99 Å². The molecule has 0 aromatic carbocycles. The van der Waals surface area contributed by atoms with Crippen LogP contribution in [0.2, 0.25) is 0 Å². The van der Waals surface area contributed by atoms with Gasteiger partial charge in [-0.2, -0.15) is 0 Å². The molecule has 3 unspecified atom stereocenters. The second-order valence-corrected chi connectivity index (χ2v) is 9.13. The molecule has 1 aliphatic heterocycles. The van der Waals surface area contributed by atoms with Crippen LogP contribution < -0.4 is 0 Å². The molecule has 29 heavy (non-hydrogen) atoms. The Morgan fingerprint density at radius 3 is 1.90 bits per heavy atom. The van der Waals surface area contributed by atoms with Gasteiger partial charge in [-0.1, -0.05) is 89.7 Å². The maximum atomic E-state index is 10.2. The quantitative estimate of drug-likeness (QED) is 0.135. The van der Waals surface area contributed by atoms with E-state index in [1.54, 1.807) is 0 Å². The number of hydrogen-bond donors (Lipinski definition) is 1. The normalized spacial score (nSPS) is 22.7. The Hall–Kier alpha value is -0.670. The molecule has 0 aromatic rings. The number of aliphatic hydroxyl groups is 1. The number of nitrogens with zero attached hydrogens (tertiary/aromatic N) is 2. The van der Waals surface area contributed by atoms with Crippen molar-refractivity contribution in [3.8, 4) is 0 Å². The van der Waals surface area contributed by atoms with Gasteiger partial charge in [0.2, 0.25) is 0 Å². The summed E-state index contributed by atoms with van der Waals surface area (Å²) < 4.78 is 0.725. The molecule has 0 amide bonds. The van der Waals surface area contributed by atoms with Gasteiger partial charge < -0.3 is 5.11 Å². The van der Waals surface area contributed by atoms with Crippen molar-refractivity contribution in [3.63, 3.8) is 0 Å². The van der Waals surface area contributed by atoms with Crippen molar-refractivity contribution in [1.82, 2.24) is 0 Å². The SMILES string of the molecule is CCCCCCCCCCCCCC/C=C/CCCC1N=CC[N+]1(CC)C(C)O. The van der Waals surface area contributed by atoms with Gasteiger partial charge in [-0.25, -0.2) is 4.99 Å². The van der Waals surface area contributed by atoms with E-state index in [0.29, 0.717) is 0 Å². The van der Waals surface area contributed by atoms with E-state index in [1.165, 1.54) is 89.9 Å². The Morgan fingerprint density at radius 2 is 1.38 bits per heavy atom. The Bertz CT molecular complexity index is 432. The predicted molar refractivity (Wildman–Crippen MR) is 128 cm³/mol. The van der Waals surface area contributed by atoms with E-state index in [0.717, 1.165) is 30.4 Å². The molecule has 170 valence electrons. The second-order valence-electron chi connectivity index (χ2n) is 9.13. The van der Waals surface area contributed by atoms with E-state index >= 15 is 0 Å². The zero-order chi connectivity index (χ0) is 21.2.